The molecule has 2 aromatic carbocycles. The molecule has 0 aliphatic carbocycles. The summed E-state index contributed by atoms with van der Waals surface area (Å²) in [6.45, 7) is 0. The minimum atomic E-state index is -4.00. The number of rotatable bonds is 3. The number of aromatic hydroxyl groups is 1. The van der Waals surface area contributed by atoms with E-state index in [0.717, 1.165) is 5.39 Å². The molecule has 0 atom stereocenters. The van der Waals surface area contributed by atoms with Crippen molar-refractivity contribution in [3.63, 3.8) is 0 Å². The highest BCUT2D eigenvalue weighted by molar-refractivity contribution is 7.85. The van der Waals surface area contributed by atoms with Gasteiger partial charge in [-0.15, -0.1) is 0 Å². The maximum Gasteiger partial charge on any atom is 0.265 e. The topological polar surface area (TPSA) is 74.6 Å². The summed E-state index contributed by atoms with van der Waals surface area (Å²) in [6, 6.07) is 10.8. The summed E-state index contributed by atoms with van der Waals surface area (Å²) in [4.78, 5) is 0. The third kappa shape index (κ3) is 2.75. The molecule has 2 aromatic rings. The van der Waals surface area contributed by atoms with Gasteiger partial charge in [-0.2, -0.15) is 8.42 Å². The number of fused-ring (bicyclic) bond motifs is 1. The first-order chi connectivity index (χ1) is 7.97. The van der Waals surface area contributed by atoms with E-state index in [4.69, 9.17) is 4.55 Å². The average molecular weight is 252 g/mol. The Morgan fingerprint density at radius 2 is 1.76 bits per heavy atom. The molecule has 0 aromatic heterocycles. The van der Waals surface area contributed by atoms with E-state index in [1.54, 1.807) is 18.2 Å². The predicted octanol–water partition coefficient (Wildman–Crippen LogP) is 1.98. The molecule has 0 aliphatic rings. The molecule has 0 fully saturated rings. The quantitative estimate of drug-likeness (QED) is 0.819. The Morgan fingerprint density at radius 3 is 2.47 bits per heavy atom. The molecule has 0 radical (unpaired) electrons. The number of phenols is 1. The van der Waals surface area contributed by atoms with E-state index < -0.39 is 10.1 Å². The van der Waals surface area contributed by atoms with Crippen LogP contribution in [-0.4, -0.2) is 23.8 Å². The lowest BCUT2D eigenvalue weighted by Crippen LogP contribution is -2.06. The van der Waals surface area contributed by atoms with Gasteiger partial charge in [0.1, 0.15) is 5.75 Å². The molecule has 4 nitrogen and oxygen atoms in total. The zero-order valence-corrected chi connectivity index (χ0v) is 9.81. The normalized spacial score (nSPS) is 11.8. The largest absolute Gasteiger partial charge is 0.507 e. The van der Waals surface area contributed by atoms with Crippen LogP contribution >= 0.6 is 0 Å². The molecule has 0 spiro atoms. The van der Waals surface area contributed by atoms with Crippen molar-refractivity contribution in [3.05, 3.63) is 42.0 Å². The fourth-order valence-corrected chi connectivity index (χ4v) is 2.22. The molecular weight excluding hydrogens is 240 g/mol. The van der Waals surface area contributed by atoms with Gasteiger partial charge in [-0.3, -0.25) is 4.55 Å². The molecule has 0 bridgehead atoms. The summed E-state index contributed by atoms with van der Waals surface area (Å²) in [5.41, 5.74) is 0.515. The SMILES string of the molecule is O=S(=O)(O)CCc1ccc2ccccc2c1O. The fraction of sp³-hybridized carbons (Fsp3) is 0.167. The van der Waals surface area contributed by atoms with Gasteiger partial charge in [0.05, 0.1) is 5.75 Å². The Balaban J connectivity index is 2.39. The van der Waals surface area contributed by atoms with Crippen molar-refractivity contribution in [2.75, 3.05) is 5.75 Å². The van der Waals surface area contributed by atoms with Crippen LogP contribution in [0.4, 0.5) is 0 Å². The lowest BCUT2D eigenvalue weighted by molar-refractivity contribution is 0.472. The summed E-state index contributed by atoms with van der Waals surface area (Å²) in [5, 5.41) is 11.5. The van der Waals surface area contributed by atoms with Crippen LogP contribution in [0, 0.1) is 0 Å². The van der Waals surface area contributed by atoms with Crippen molar-refractivity contribution < 1.29 is 18.1 Å². The minimum Gasteiger partial charge on any atom is -0.507 e. The summed E-state index contributed by atoms with van der Waals surface area (Å²) < 4.78 is 30.0. The van der Waals surface area contributed by atoms with Crippen molar-refractivity contribution in [1.82, 2.24) is 0 Å². The first-order valence-electron chi connectivity index (χ1n) is 5.12. The lowest BCUT2D eigenvalue weighted by Gasteiger charge is -2.07. The Bertz CT molecular complexity index is 647. The molecule has 0 saturated carbocycles. The summed E-state index contributed by atoms with van der Waals surface area (Å²) >= 11 is 0. The fourth-order valence-electron chi connectivity index (χ4n) is 1.74. The first-order valence-corrected chi connectivity index (χ1v) is 6.73. The Labute approximate surface area is 99.3 Å². The van der Waals surface area contributed by atoms with Crippen LogP contribution in [0.3, 0.4) is 0 Å². The van der Waals surface area contributed by atoms with E-state index in [1.165, 1.54) is 0 Å². The molecule has 5 heteroatoms. The molecule has 0 heterocycles. The number of hydrogen-bond acceptors (Lipinski definition) is 3. The zero-order chi connectivity index (χ0) is 12.5. The molecule has 0 aliphatic heterocycles. The summed E-state index contributed by atoms with van der Waals surface area (Å²) in [7, 11) is -4.00. The van der Waals surface area contributed by atoms with E-state index in [0.29, 0.717) is 10.9 Å². The number of aryl methyl sites for hydroxylation is 1. The van der Waals surface area contributed by atoms with E-state index in [-0.39, 0.29) is 17.9 Å². The molecule has 0 unspecified atom stereocenters. The molecule has 17 heavy (non-hydrogen) atoms. The maximum absolute atomic E-state index is 10.7. The van der Waals surface area contributed by atoms with Crippen molar-refractivity contribution in [2.45, 2.75) is 6.42 Å². The zero-order valence-electron chi connectivity index (χ0n) is 9.00. The Hall–Kier alpha value is -1.59. The minimum absolute atomic E-state index is 0.0757. The van der Waals surface area contributed by atoms with Gasteiger partial charge in [-0.25, -0.2) is 0 Å². The van der Waals surface area contributed by atoms with Gasteiger partial charge in [0.15, 0.2) is 0 Å². The molecule has 2 rings (SSSR count). The second kappa shape index (κ2) is 4.35. The number of phenolic OH excluding ortho intramolecular Hbond substituents is 1. The van der Waals surface area contributed by atoms with Gasteiger partial charge < -0.3 is 5.11 Å². The number of benzene rings is 2. The highest BCUT2D eigenvalue weighted by Crippen LogP contribution is 2.28. The third-order valence-electron chi connectivity index (χ3n) is 2.61. The summed E-state index contributed by atoms with van der Waals surface area (Å²) in [5.74, 6) is -0.314. The van der Waals surface area contributed by atoms with Crippen LogP contribution in [0.5, 0.6) is 5.75 Å². The third-order valence-corrected chi connectivity index (χ3v) is 3.33. The van der Waals surface area contributed by atoms with Crippen LogP contribution in [0.25, 0.3) is 10.8 Å². The standard InChI is InChI=1S/C12H12O4S/c13-12-10(7-8-17(14,15)16)6-5-9-3-1-2-4-11(9)12/h1-6,13H,7-8H2,(H,14,15,16). The van der Waals surface area contributed by atoms with Gasteiger partial charge in [0, 0.05) is 5.39 Å². The molecule has 90 valence electrons. The second-order valence-electron chi connectivity index (χ2n) is 3.83. The summed E-state index contributed by atoms with van der Waals surface area (Å²) in [6.07, 6.45) is 0.0928. The van der Waals surface area contributed by atoms with E-state index in [1.807, 2.05) is 18.2 Å². The molecule has 0 amide bonds. The van der Waals surface area contributed by atoms with Gasteiger partial charge >= 0.3 is 0 Å². The molecule has 2 N–H and O–H groups in total. The van der Waals surface area contributed by atoms with Gasteiger partial charge in [0.2, 0.25) is 0 Å². The maximum atomic E-state index is 10.7. The van der Waals surface area contributed by atoms with Gasteiger partial charge in [0.25, 0.3) is 10.1 Å². The molecule has 0 saturated heterocycles. The monoisotopic (exact) mass is 252 g/mol. The number of hydrogen-bond donors (Lipinski definition) is 2. The molecular formula is C12H12O4S. The predicted molar refractivity (Wildman–Crippen MR) is 65.7 cm³/mol. The van der Waals surface area contributed by atoms with E-state index >= 15 is 0 Å². The first kappa shape index (κ1) is 11.9. The van der Waals surface area contributed by atoms with E-state index in [2.05, 4.69) is 0 Å². The Morgan fingerprint density at radius 1 is 1.06 bits per heavy atom. The van der Waals surface area contributed by atoms with E-state index in [9.17, 15) is 13.5 Å². The van der Waals surface area contributed by atoms with Crippen LogP contribution < -0.4 is 0 Å². The van der Waals surface area contributed by atoms with Crippen LogP contribution in [0.1, 0.15) is 5.56 Å². The van der Waals surface area contributed by atoms with Crippen LogP contribution in [0.2, 0.25) is 0 Å². The highest BCUT2D eigenvalue weighted by Gasteiger charge is 2.10. The Kier molecular flexibility index (Phi) is 3.04. The van der Waals surface area contributed by atoms with Crippen molar-refractivity contribution in [3.8, 4) is 5.75 Å². The van der Waals surface area contributed by atoms with Gasteiger partial charge in [-0.1, -0.05) is 36.4 Å². The van der Waals surface area contributed by atoms with Gasteiger partial charge in [-0.05, 0) is 17.4 Å². The highest BCUT2D eigenvalue weighted by atomic mass is 32.2. The van der Waals surface area contributed by atoms with Crippen LogP contribution in [-0.2, 0) is 16.5 Å². The second-order valence-corrected chi connectivity index (χ2v) is 5.40. The van der Waals surface area contributed by atoms with Crippen LogP contribution in [0.15, 0.2) is 36.4 Å². The lowest BCUT2D eigenvalue weighted by atomic mass is 10.0. The van der Waals surface area contributed by atoms with Crippen molar-refractivity contribution in [2.24, 2.45) is 0 Å². The van der Waals surface area contributed by atoms with Crippen molar-refractivity contribution in [1.29, 1.82) is 0 Å². The average Bonchev–Trinajstić information content (AvgIpc) is 2.27. The smallest absolute Gasteiger partial charge is 0.265 e. The van der Waals surface area contributed by atoms with Crippen molar-refractivity contribution >= 4 is 20.9 Å².